The van der Waals surface area contributed by atoms with Gasteiger partial charge in [0.2, 0.25) is 5.91 Å². The number of esters is 1. The highest BCUT2D eigenvalue weighted by atomic mass is 16.5. The van der Waals surface area contributed by atoms with Gasteiger partial charge in [0.05, 0.1) is 19.3 Å². The van der Waals surface area contributed by atoms with Gasteiger partial charge >= 0.3 is 5.97 Å². The highest BCUT2D eigenvalue weighted by molar-refractivity contribution is 5.78. The van der Waals surface area contributed by atoms with Crippen LogP contribution in [0, 0.1) is 0 Å². The summed E-state index contributed by atoms with van der Waals surface area (Å²) in [7, 11) is 1.35. The molecule has 6 nitrogen and oxygen atoms in total. The predicted octanol–water partition coefficient (Wildman–Crippen LogP) is -0.0974. The summed E-state index contributed by atoms with van der Waals surface area (Å²) in [6.07, 6.45) is 2.63. The Balaban J connectivity index is 2.05. The number of aliphatic hydroxyl groups is 1. The number of carbonyl (C=O) groups is 2. The third-order valence-electron chi connectivity index (χ3n) is 3.23. The van der Waals surface area contributed by atoms with Gasteiger partial charge in [-0.3, -0.25) is 14.5 Å². The normalized spacial score (nSPS) is 17.6. The average molecular weight is 272 g/mol. The average Bonchev–Trinajstić information content (AvgIpc) is 2.32. The Morgan fingerprint density at radius 2 is 2.11 bits per heavy atom. The zero-order valence-electron chi connectivity index (χ0n) is 11.8. The molecule has 1 heterocycles. The fourth-order valence-electron chi connectivity index (χ4n) is 2.34. The molecule has 110 valence electrons. The van der Waals surface area contributed by atoms with Crippen LogP contribution in [0.3, 0.4) is 0 Å². The Bertz CT molecular complexity index is 314. The first kappa shape index (κ1) is 15.9. The second-order valence-corrected chi connectivity index (χ2v) is 5.15. The zero-order chi connectivity index (χ0) is 14.3. The molecule has 1 rings (SSSR count). The maximum atomic E-state index is 11.6. The Hall–Kier alpha value is -1.14. The number of methoxy groups -OCH3 is 1. The lowest BCUT2D eigenvalue weighted by atomic mass is 9.89. The third-order valence-corrected chi connectivity index (χ3v) is 3.23. The predicted molar refractivity (Wildman–Crippen MR) is 70.6 cm³/mol. The van der Waals surface area contributed by atoms with Crippen molar-refractivity contribution in [3.05, 3.63) is 0 Å². The molecule has 0 radical (unpaired) electrons. The molecule has 0 aromatic rings. The molecule has 1 aliphatic rings. The lowest BCUT2D eigenvalue weighted by Crippen LogP contribution is -2.63. The molecule has 1 saturated heterocycles. The van der Waals surface area contributed by atoms with Crippen molar-refractivity contribution >= 4 is 11.9 Å². The molecule has 1 fully saturated rings. The van der Waals surface area contributed by atoms with Crippen molar-refractivity contribution in [2.24, 2.45) is 0 Å². The minimum Gasteiger partial charge on any atom is -0.469 e. The van der Waals surface area contributed by atoms with Crippen molar-refractivity contribution in [2.75, 3.05) is 33.3 Å². The fraction of sp³-hybridized carbons (Fsp3) is 0.846. The van der Waals surface area contributed by atoms with Crippen LogP contribution in [0.1, 0.15) is 32.6 Å². The van der Waals surface area contributed by atoms with Gasteiger partial charge in [-0.05, 0) is 12.8 Å². The van der Waals surface area contributed by atoms with Gasteiger partial charge in [-0.1, -0.05) is 13.3 Å². The smallest absolute Gasteiger partial charge is 0.305 e. The number of ether oxygens (including phenoxy) is 1. The van der Waals surface area contributed by atoms with Crippen LogP contribution in [0.25, 0.3) is 0 Å². The molecule has 0 bridgehead atoms. The van der Waals surface area contributed by atoms with Gasteiger partial charge in [-0.2, -0.15) is 0 Å². The second kappa shape index (κ2) is 7.45. The van der Waals surface area contributed by atoms with E-state index in [2.05, 4.69) is 10.1 Å². The first-order valence-corrected chi connectivity index (χ1v) is 6.77. The molecule has 1 amide bonds. The van der Waals surface area contributed by atoms with E-state index in [1.54, 1.807) is 0 Å². The number of hydrogen-bond donors (Lipinski definition) is 2. The van der Waals surface area contributed by atoms with Crippen LogP contribution in [0.2, 0.25) is 0 Å². The highest BCUT2D eigenvalue weighted by Gasteiger charge is 2.40. The number of carbonyl (C=O) groups excluding carboxylic acids is 2. The van der Waals surface area contributed by atoms with E-state index in [1.807, 2.05) is 11.8 Å². The number of likely N-dealkylation sites (tertiary alicyclic amines) is 1. The maximum absolute atomic E-state index is 11.6. The lowest BCUT2D eigenvalue weighted by molar-refractivity contribution is -0.141. The Labute approximate surface area is 114 Å². The van der Waals surface area contributed by atoms with Crippen LogP contribution in [0.5, 0.6) is 0 Å². The van der Waals surface area contributed by atoms with Crippen molar-refractivity contribution in [2.45, 2.75) is 38.2 Å². The van der Waals surface area contributed by atoms with Crippen LogP contribution in [0.15, 0.2) is 0 Å². The summed E-state index contributed by atoms with van der Waals surface area (Å²) >= 11 is 0. The van der Waals surface area contributed by atoms with Crippen LogP contribution in [0.4, 0.5) is 0 Å². The van der Waals surface area contributed by atoms with E-state index < -0.39 is 5.60 Å². The maximum Gasteiger partial charge on any atom is 0.305 e. The first-order valence-electron chi connectivity index (χ1n) is 6.77. The molecule has 0 spiro atoms. The molecule has 19 heavy (non-hydrogen) atoms. The quantitative estimate of drug-likeness (QED) is 0.476. The minimum atomic E-state index is -0.597. The molecule has 0 aromatic heterocycles. The Morgan fingerprint density at radius 1 is 1.42 bits per heavy atom. The molecule has 0 aromatic carbocycles. The number of nitrogens with zero attached hydrogens (tertiary/aromatic N) is 1. The van der Waals surface area contributed by atoms with Crippen molar-refractivity contribution < 1.29 is 19.4 Å². The van der Waals surface area contributed by atoms with E-state index in [9.17, 15) is 14.7 Å². The van der Waals surface area contributed by atoms with Crippen molar-refractivity contribution in [3.63, 3.8) is 0 Å². The standard InChI is InChI=1S/C13H24N2O4/c1-3-6-13(18)9-15(10-13)8-11(16)14-7-4-5-12(17)19-2/h18H,3-10H2,1-2H3,(H,14,16). The van der Waals surface area contributed by atoms with Gasteiger partial charge in [-0.15, -0.1) is 0 Å². The summed E-state index contributed by atoms with van der Waals surface area (Å²) in [6.45, 7) is 3.95. The molecule has 1 aliphatic heterocycles. The number of amides is 1. The second-order valence-electron chi connectivity index (χ2n) is 5.15. The summed E-state index contributed by atoms with van der Waals surface area (Å²) in [4.78, 5) is 24.4. The fourth-order valence-corrected chi connectivity index (χ4v) is 2.34. The molecular formula is C13H24N2O4. The van der Waals surface area contributed by atoms with Crippen LogP contribution >= 0.6 is 0 Å². The zero-order valence-corrected chi connectivity index (χ0v) is 11.8. The topological polar surface area (TPSA) is 78.9 Å². The lowest BCUT2D eigenvalue weighted by Gasteiger charge is -2.46. The summed E-state index contributed by atoms with van der Waals surface area (Å²) in [6, 6.07) is 0. The molecule has 0 saturated carbocycles. The third kappa shape index (κ3) is 5.57. The molecule has 0 aliphatic carbocycles. The van der Waals surface area contributed by atoms with Gasteiger partial charge in [0.1, 0.15) is 0 Å². The Kier molecular flexibility index (Phi) is 6.24. The minimum absolute atomic E-state index is 0.0663. The van der Waals surface area contributed by atoms with Gasteiger partial charge < -0.3 is 15.2 Å². The van der Waals surface area contributed by atoms with Crippen LogP contribution in [-0.2, 0) is 14.3 Å². The van der Waals surface area contributed by atoms with E-state index in [4.69, 9.17) is 0 Å². The van der Waals surface area contributed by atoms with Crippen LogP contribution in [-0.4, -0.2) is 60.8 Å². The summed E-state index contributed by atoms with van der Waals surface area (Å²) in [5.74, 6) is -0.329. The van der Waals surface area contributed by atoms with E-state index in [0.717, 1.165) is 12.8 Å². The number of nitrogens with one attached hydrogen (secondary N) is 1. The summed E-state index contributed by atoms with van der Waals surface area (Å²) in [5, 5.41) is 12.7. The molecule has 0 unspecified atom stereocenters. The number of rotatable bonds is 8. The van der Waals surface area contributed by atoms with Gasteiger partial charge in [0.15, 0.2) is 0 Å². The largest absolute Gasteiger partial charge is 0.469 e. The highest BCUT2D eigenvalue weighted by Crippen LogP contribution is 2.24. The number of β-amino-alcohol motifs (C(OH)–C–C–N with tert-alkyl or cyclic N) is 1. The Morgan fingerprint density at radius 3 is 2.68 bits per heavy atom. The van der Waals surface area contributed by atoms with E-state index >= 15 is 0 Å². The van der Waals surface area contributed by atoms with Crippen molar-refractivity contribution in [1.82, 2.24) is 10.2 Å². The molecule has 2 N–H and O–H groups in total. The first-order chi connectivity index (χ1) is 8.99. The summed E-state index contributed by atoms with van der Waals surface area (Å²) < 4.78 is 4.51. The van der Waals surface area contributed by atoms with Crippen molar-refractivity contribution in [3.8, 4) is 0 Å². The van der Waals surface area contributed by atoms with Gasteiger partial charge in [0, 0.05) is 26.1 Å². The molecule has 0 atom stereocenters. The van der Waals surface area contributed by atoms with E-state index in [1.165, 1.54) is 7.11 Å². The SMILES string of the molecule is CCCC1(O)CN(CC(=O)NCCCC(=O)OC)C1. The van der Waals surface area contributed by atoms with Crippen LogP contribution < -0.4 is 5.32 Å². The summed E-state index contributed by atoms with van der Waals surface area (Å²) in [5.41, 5.74) is -0.597. The molecule has 6 heteroatoms. The van der Waals surface area contributed by atoms with Gasteiger partial charge in [0.25, 0.3) is 0 Å². The van der Waals surface area contributed by atoms with E-state index in [-0.39, 0.29) is 11.9 Å². The van der Waals surface area contributed by atoms with Crippen molar-refractivity contribution in [1.29, 1.82) is 0 Å². The van der Waals surface area contributed by atoms with E-state index in [0.29, 0.717) is 39.0 Å². The molecular weight excluding hydrogens is 248 g/mol. The monoisotopic (exact) mass is 272 g/mol. The number of hydrogen-bond acceptors (Lipinski definition) is 5. The van der Waals surface area contributed by atoms with Gasteiger partial charge in [-0.25, -0.2) is 0 Å².